The van der Waals surface area contributed by atoms with E-state index in [1.54, 1.807) is 0 Å². The number of aromatic amines is 1. The number of carbonyl (C=O) groups is 1. The maximum Gasteiger partial charge on any atom is 0.295 e. The van der Waals surface area contributed by atoms with Crippen LogP contribution < -0.4 is 5.32 Å². The average Bonchev–Trinajstić information content (AvgIpc) is 2.84. The van der Waals surface area contributed by atoms with Gasteiger partial charge in [-0.05, 0) is 18.6 Å². The van der Waals surface area contributed by atoms with E-state index in [0.29, 0.717) is 12.2 Å². The molecule has 0 saturated heterocycles. The molecular formula is C12H12F2N4O. The summed E-state index contributed by atoms with van der Waals surface area (Å²) in [6.45, 7) is 3.28. The highest BCUT2D eigenvalue weighted by Gasteiger charge is 2.15. The van der Waals surface area contributed by atoms with Gasteiger partial charge in [0.2, 0.25) is 5.82 Å². The molecular weight excluding hydrogens is 254 g/mol. The molecule has 5 nitrogen and oxygen atoms in total. The molecule has 19 heavy (non-hydrogen) atoms. The van der Waals surface area contributed by atoms with Crippen molar-refractivity contribution >= 4 is 11.6 Å². The Morgan fingerprint density at radius 2 is 2.11 bits per heavy atom. The first-order chi connectivity index (χ1) is 9.01. The number of H-pyrrole nitrogens is 1. The van der Waals surface area contributed by atoms with Crippen molar-refractivity contribution in [3.8, 4) is 0 Å². The Morgan fingerprint density at radius 1 is 1.37 bits per heavy atom. The summed E-state index contributed by atoms with van der Waals surface area (Å²) in [5.74, 6) is -1.57. The lowest BCUT2D eigenvalue weighted by molar-refractivity contribution is 0.101. The number of aryl methyl sites for hydroxylation is 2. The summed E-state index contributed by atoms with van der Waals surface area (Å²) in [5.41, 5.74) is -0.0717. The van der Waals surface area contributed by atoms with Gasteiger partial charge in [-0.15, -0.1) is 5.10 Å². The second-order valence-corrected chi connectivity index (χ2v) is 3.99. The first-order valence-electron chi connectivity index (χ1n) is 5.69. The molecule has 0 aliphatic rings. The zero-order valence-electron chi connectivity index (χ0n) is 10.4. The van der Waals surface area contributed by atoms with E-state index in [2.05, 4.69) is 20.5 Å². The van der Waals surface area contributed by atoms with Crippen molar-refractivity contribution in [1.29, 1.82) is 0 Å². The van der Waals surface area contributed by atoms with Gasteiger partial charge in [0.15, 0.2) is 0 Å². The van der Waals surface area contributed by atoms with Crippen LogP contribution >= 0.6 is 0 Å². The second-order valence-electron chi connectivity index (χ2n) is 3.99. The van der Waals surface area contributed by atoms with Crippen LogP contribution in [0.1, 0.15) is 28.9 Å². The van der Waals surface area contributed by atoms with Crippen LogP contribution in [-0.2, 0) is 6.42 Å². The number of rotatable bonds is 3. The van der Waals surface area contributed by atoms with Crippen LogP contribution in [0.4, 0.5) is 14.5 Å². The number of nitrogens with zero attached hydrogens (tertiary/aromatic N) is 2. The Bertz CT molecular complexity index is 624. The molecule has 0 radical (unpaired) electrons. The minimum Gasteiger partial charge on any atom is -0.317 e. The van der Waals surface area contributed by atoms with Crippen molar-refractivity contribution in [3.63, 3.8) is 0 Å². The first kappa shape index (κ1) is 13.1. The van der Waals surface area contributed by atoms with Gasteiger partial charge < -0.3 is 5.32 Å². The number of amides is 1. The monoisotopic (exact) mass is 266 g/mol. The smallest absolute Gasteiger partial charge is 0.295 e. The van der Waals surface area contributed by atoms with Gasteiger partial charge in [-0.1, -0.05) is 6.92 Å². The van der Waals surface area contributed by atoms with E-state index < -0.39 is 17.5 Å². The van der Waals surface area contributed by atoms with Gasteiger partial charge >= 0.3 is 0 Å². The van der Waals surface area contributed by atoms with E-state index in [-0.39, 0.29) is 17.1 Å². The van der Waals surface area contributed by atoms with Crippen LogP contribution in [0.3, 0.4) is 0 Å². The standard InChI is InChI=1S/C12H12F2N4O/c1-3-10-16-11(18-17-10)12(19)15-9-5-7(13)6(2)4-8(9)14/h4-5H,3H2,1-2H3,(H,15,19)(H,16,17,18). The van der Waals surface area contributed by atoms with Crippen LogP contribution in [0.2, 0.25) is 0 Å². The molecule has 0 saturated carbocycles. The molecule has 1 amide bonds. The summed E-state index contributed by atoms with van der Waals surface area (Å²) < 4.78 is 26.9. The lowest BCUT2D eigenvalue weighted by Gasteiger charge is -2.05. The normalized spacial score (nSPS) is 10.5. The predicted molar refractivity (Wildman–Crippen MR) is 64.8 cm³/mol. The molecule has 0 aliphatic heterocycles. The fourth-order valence-electron chi connectivity index (χ4n) is 1.48. The molecule has 1 heterocycles. The number of nitrogens with one attached hydrogen (secondary N) is 2. The van der Waals surface area contributed by atoms with E-state index in [0.717, 1.165) is 12.1 Å². The van der Waals surface area contributed by atoms with Crippen LogP contribution in [0.15, 0.2) is 12.1 Å². The predicted octanol–water partition coefficient (Wildman–Crippen LogP) is 2.21. The van der Waals surface area contributed by atoms with Gasteiger partial charge in [-0.25, -0.2) is 13.8 Å². The van der Waals surface area contributed by atoms with Gasteiger partial charge in [-0.3, -0.25) is 9.89 Å². The third-order valence-electron chi connectivity index (χ3n) is 2.57. The third-order valence-corrected chi connectivity index (χ3v) is 2.57. The van der Waals surface area contributed by atoms with Gasteiger partial charge in [0, 0.05) is 12.5 Å². The van der Waals surface area contributed by atoms with E-state index in [4.69, 9.17) is 0 Å². The Morgan fingerprint density at radius 3 is 2.74 bits per heavy atom. The molecule has 1 aromatic heterocycles. The van der Waals surface area contributed by atoms with Crippen LogP contribution in [0, 0.1) is 18.6 Å². The van der Waals surface area contributed by atoms with E-state index in [1.807, 2.05) is 6.92 Å². The molecule has 0 atom stereocenters. The van der Waals surface area contributed by atoms with E-state index in [9.17, 15) is 13.6 Å². The summed E-state index contributed by atoms with van der Waals surface area (Å²) in [7, 11) is 0. The zero-order chi connectivity index (χ0) is 14.0. The van der Waals surface area contributed by atoms with Crippen LogP contribution in [0.25, 0.3) is 0 Å². The number of hydrogen-bond acceptors (Lipinski definition) is 3. The maximum absolute atomic E-state index is 13.5. The minimum absolute atomic E-state index is 0.114. The Hall–Kier alpha value is -2.31. The summed E-state index contributed by atoms with van der Waals surface area (Å²) in [6, 6.07) is 1.94. The SMILES string of the molecule is CCc1nc(C(=O)Nc2cc(F)c(C)cc2F)n[nH]1. The number of aromatic nitrogens is 3. The highest BCUT2D eigenvalue weighted by Crippen LogP contribution is 2.19. The van der Waals surface area contributed by atoms with E-state index in [1.165, 1.54) is 6.92 Å². The number of halogens is 2. The molecule has 0 bridgehead atoms. The maximum atomic E-state index is 13.5. The Balaban J connectivity index is 2.21. The van der Waals surface area contributed by atoms with Crippen LogP contribution in [0.5, 0.6) is 0 Å². The van der Waals surface area contributed by atoms with Crippen molar-refractivity contribution in [1.82, 2.24) is 15.2 Å². The van der Waals surface area contributed by atoms with E-state index >= 15 is 0 Å². The number of carbonyl (C=O) groups excluding carboxylic acids is 1. The van der Waals surface area contributed by atoms with Gasteiger partial charge in [0.1, 0.15) is 17.5 Å². The topological polar surface area (TPSA) is 70.7 Å². The summed E-state index contributed by atoms with van der Waals surface area (Å²) >= 11 is 0. The average molecular weight is 266 g/mol. The van der Waals surface area contributed by atoms with Crippen LogP contribution in [-0.4, -0.2) is 21.1 Å². The largest absolute Gasteiger partial charge is 0.317 e. The number of anilines is 1. The van der Waals surface area contributed by atoms with Crippen molar-refractivity contribution < 1.29 is 13.6 Å². The highest BCUT2D eigenvalue weighted by atomic mass is 19.1. The Labute approximate surface area is 108 Å². The van der Waals surface area contributed by atoms with Gasteiger partial charge in [0.05, 0.1) is 5.69 Å². The summed E-state index contributed by atoms with van der Waals surface area (Å²) in [5, 5.41) is 8.49. The number of benzene rings is 1. The summed E-state index contributed by atoms with van der Waals surface area (Å²) in [4.78, 5) is 15.6. The first-order valence-corrected chi connectivity index (χ1v) is 5.69. The minimum atomic E-state index is -0.710. The molecule has 0 unspecified atom stereocenters. The third kappa shape index (κ3) is 2.75. The van der Waals surface area contributed by atoms with Crippen molar-refractivity contribution in [3.05, 3.63) is 41.0 Å². The molecule has 0 spiro atoms. The van der Waals surface area contributed by atoms with Crippen molar-refractivity contribution in [2.75, 3.05) is 5.32 Å². The quantitative estimate of drug-likeness (QED) is 0.894. The van der Waals surface area contributed by atoms with Gasteiger partial charge in [0.25, 0.3) is 5.91 Å². The lowest BCUT2D eigenvalue weighted by Crippen LogP contribution is -2.15. The molecule has 2 aromatic rings. The highest BCUT2D eigenvalue weighted by molar-refractivity contribution is 6.01. The number of hydrogen-bond donors (Lipinski definition) is 2. The molecule has 7 heteroatoms. The van der Waals surface area contributed by atoms with Crippen molar-refractivity contribution in [2.24, 2.45) is 0 Å². The lowest BCUT2D eigenvalue weighted by atomic mass is 10.2. The molecule has 2 rings (SSSR count). The molecule has 0 fully saturated rings. The fraction of sp³-hybridized carbons (Fsp3) is 0.250. The Kier molecular flexibility index (Phi) is 3.55. The molecule has 100 valence electrons. The fourth-order valence-corrected chi connectivity index (χ4v) is 1.48. The molecule has 0 aliphatic carbocycles. The van der Waals surface area contributed by atoms with Crippen molar-refractivity contribution in [2.45, 2.75) is 20.3 Å². The molecule has 2 N–H and O–H groups in total. The zero-order valence-corrected chi connectivity index (χ0v) is 10.4. The second kappa shape index (κ2) is 5.13. The summed E-state index contributed by atoms with van der Waals surface area (Å²) in [6.07, 6.45) is 0.591. The van der Waals surface area contributed by atoms with Gasteiger partial charge in [-0.2, -0.15) is 0 Å². The molecule has 1 aromatic carbocycles.